The summed E-state index contributed by atoms with van der Waals surface area (Å²) in [6.07, 6.45) is 5.32. The van der Waals surface area contributed by atoms with E-state index in [1.165, 1.54) is 23.4 Å². The van der Waals surface area contributed by atoms with E-state index in [2.05, 4.69) is 14.9 Å². The Hall–Kier alpha value is -1.21. The molecule has 0 saturated carbocycles. The third-order valence-electron chi connectivity index (χ3n) is 4.22. The first-order chi connectivity index (χ1) is 9.95. The van der Waals surface area contributed by atoms with Gasteiger partial charge in [-0.3, -0.25) is 0 Å². The monoisotopic (exact) mass is 310 g/mol. The van der Waals surface area contributed by atoms with E-state index in [1.807, 2.05) is 13.0 Å². The fourth-order valence-electron chi connectivity index (χ4n) is 3.23. The fourth-order valence-corrected chi connectivity index (χ4v) is 4.35. The third kappa shape index (κ3) is 3.03. The highest BCUT2D eigenvalue weighted by Gasteiger charge is 2.35. The summed E-state index contributed by atoms with van der Waals surface area (Å²) < 4.78 is 25.3. The predicted octanol–water partition coefficient (Wildman–Crippen LogP) is 1.48. The molecular weight excluding hydrogens is 288 g/mol. The quantitative estimate of drug-likeness (QED) is 0.846. The highest BCUT2D eigenvalue weighted by atomic mass is 32.2. The molecular formula is C14H22N4O2S. The Kier molecular flexibility index (Phi) is 3.88. The average molecular weight is 310 g/mol. The Morgan fingerprint density at radius 2 is 1.86 bits per heavy atom. The molecule has 1 unspecified atom stereocenters. The highest BCUT2D eigenvalue weighted by Crippen LogP contribution is 2.33. The van der Waals surface area contributed by atoms with E-state index in [-0.39, 0.29) is 6.04 Å². The summed E-state index contributed by atoms with van der Waals surface area (Å²) >= 11 is 0. The molecule has 0 aromatic carbocycles. The van der Waals surface area contributed by atoms with E-state index >= 15 is 0 Å². The van der Waals surface area contributed by atoms with Crippen molar-refractivity contribution >= 4 is 15.8 Å². The minimum Gasteiger partial charge on any atom is -0.357 e. The first-order valence-electron chi connectivity index (χ1n) is 7.52. The van der Waals surface area contributed by atoms with Gasteiger partial charge in [0.25, 0.3) is 0 Å². The number of hydrogen-bond donors (Lipinski definition) is 0. The maximum atomic E-state index is 11.9. The number of sulfonamides is 1. The Labute approximate surface area is 126 Å². The van der Waals surface area contributed by atoms with Crippen molar-refractivity contribution in [2.24, 2.45) is 0 Å². The van der Waals surface area contributed by atoms with Gasteiger partial charge in [-0.05, 0) is 32.6 Å². The van der Waals surface area contributed by atoms with E-state index in [4.69, 9.17) is 0 Å². The SMILES string of the molecule is Cc1cc(N2CCCC2)nc(C2CCCN2S(C)(=O)=O)n1. The van der Waals surface area contributed by atoms with Crippen LogP contribution < -0.4 is 4.90 Å². The number of nitrogens with zero attached hydrogens (tertiary/aromatic N) is 4. The lowest BCUT2D eigenvalue weighted by atomic mass is 10.2. The lowest BCUT2D eigenvalue weighted by molar-refractivity contribution is 0.386. The standard InChI is InChI=1S/C14H22N4O2S/c1-11-10-13(17-7-3-4-8-17)16-14(15-11)12-6-5-9-18(12)21(2,19)20/h10,12H,3-9H2,1-2H3. The molecule has 0 radical (unpaired) electrons. The molecule has 0 amide bonds. The molecule has 2 saturated heterocycles. The smallest absolute Gasteiger partial charge is 0.211 e. The van der Waals surface area contributed by atoms with Crippen LogP contribution in [0.25, 0.3) is 0 Å². The van der Waals surface area contributed by atoms with Gasteiger partial charge in [0.05, 0.1) is 12.3 Å². The van der Waals surface area contributed by atoms with Crippen molar-refractivity contribution in [3.05, 3.63) is 17.6 Å². The fraction of sp³-hybridized carbons (Fsp3) is 0.714. The van der Waals surface area contributed by atoms with E-state index in [0.29, 0.717) is 12.4 Å². The molecule has 7 heteroatoms. The first-order valence-corrected chi connectivity index (χ1v) is 9.37. The van der Waals surface area contributed by atoms with E-state index in [9.17, 15) is 8.42 Å². The van der Waals surface area contributed by atoms with Gasteiger partial charge in [-0.25, -0.2) is 18.4 Å². The summed E-state index contributed by atoms with van der Waals surface area (Å²) in [7, 11) is -3.20. The molecule has 1 aromatic rings. The topological polar surface area (TPSA) is 66.4 Å². The number of hydrogen-bond acceptors (Lipinski definition) is 5. The summed E-state index contributed by atoms with van der Waals surface area (Å²) in [6, 6.07) is 1.79. The zero-order valence-corrected chi connectivity index (χ0v) is 13.4. The van der Waals surface area contributed by atoms with Crippen LogP contribution in [0.1, 0.15) is 43.2 Å². The molecule has 2 aliphatic heterocycles. The van der Waals surface area contributed by atoms with Gasteiger partial charge in [-0.2, -0.15) is 4.31 Å². The highest BCUT2D eigenvalue weighted by molar-refractivity contribution is 7.88. The number of aryl methyl sites for hydroxylation is 1. The van der Waals surface area contributed by atoms with Crippen molar-refractivity contribution in [2.75, 3.05) is 30.8 Å². The number of anilines is 1. The summed E-state index contributed by atoms with van der Waals surface area (Å²) in [5, 5.41) is 0. The van der Waals surface area contributed by atoms with Gasteiger partial charge in [-0.1, -0.05) is 0 Å². The Balaban J connectivity index is 1.94. The maximum Gasteiger partial charge on any atom is 0.211 e. The summed E-state index contributed by atoms with van der Waals surface area (Å²) in [5.74, 6) is 1.59. The summed E-state index contributed by atoms with van der Waals surface area (Å²) in [4.78, 5) is 11.4. The van der Waals surface area contributed by atoms with Crippen molar-refractivity contribution in [3.8, 4) is 0 Å². The normalized spacial score (nSPS) is 23.9. The zero-order valence-electron chi connectivity index (χ0n) is 12.6. The zero-order chi connectivity index (χ0) is 15.0. The molecule has 1 atom stereocenters. The van der Waals surface area contributed by atoms with Gasteiger partial charge in [0.1, 0.15) is 11.6 Å². The van der Waals surface area contributed by atoms with Crippen LogP contribution in [0.3, 0.4) is 0 Å². The molecule has 3 heterocycles. The number of rotatable bonds is 3. The van der Waals surface area contributed by atoms with Crippen LogP contribution in [0, 0.1) is 6.92 Å². The van der Waals surface area contributed by atoms with Crippen LogP contribution in [0.4, 0.5) is 5.82 Å². The van der Waals surface area contributed by atoms with Gasteiger partial charge < -0.3 is 4.90 Å². The second kappa shape index (κ2) is 5.53. The molecule has 2 aliphatic rings. The second-order valence-corrected chi connectivity index (χ2v) is 7.89. The molecule has 3 rings (SSSR count). The van der Waals surface area contributed by atoms with E-state index in [0.717, 1.165) is 37.4 Å². The minimum atomic E-state index is -3.20. The third-order valence-corrected chi connectivity index (χ3v) is 5.50. The van der Waals surface area contributed by atoms with Crippen molar-refractivity contribution in [3.63, 3.8) is 0 Å². The molecule has 0 spiro atoms. The second-order valence-electron chi connectivity index (χ2n) is 5.95. The van der Waals surface area contributed by atoms with Gasteiger partial charge >= 0.3 is 0 Å². The van der Waals surface area contributed by atoms with Crippen molar-refractivity contribution < 1.29 is 8.42 Å². The van der Waals surface area contributed by atoms with Crippen LogP contribution in [0.2, 0.25) is 0 Å². The molecule has 0 aliphatic carbocycles. The molecule has 1 aromatic heterocycles. The molecule has 0 bridgehead atoms. The van der Waals surface area contributed by atoms with Gasteiger partial charge in [0, 0.05) is 31.4 Å². The van der Waals surface area contributed by atoms with Crippen LogP contribution >= 0.6 is 0 Å². The Bertz CT molecular complexity index is 626. The van der Waals surface area contributed by atoms with Gasteiger partial charge in [0.15, 0.2) is 0 Å². The van der Waals surface area contributed by atoms with Gasteiger partial charge in [-0.15, -0.1) is 0 Å². The molecule has 2 fully saturated rings. The molecule has 6 nitrogen and oxygen atoms in total. The van der Waals surface area contributed by atoms with Crippen molar-refractivity contribution in [1.29, 1.82) is 0 Å². The van der Waals surface area contributed by atoms with Crippen LogP contribution in [-0.2, 0) is 10.0 Å². The summed E-state index contributed by atoms with van der Waals surface area (Å²) in [6.45, 7) is 4.57. The van der Waals surface area contributed by atoms with E-state index < -0.39 is 10.0 Å². The maximum absolute atomic E-state index is 11.9. The van der Waals surface area contributed by atoms with Crippen LogP contribution in [0.5, 0.6) is 0 Å². The van der Waals surface area contributed by atoms with E-state index in [1.54, 1.807) is 0 Å². The lowest BCUT2D eigenvalue weighted by Crippen LogP contribution is -2.31. The Morgan fingerprint density at radius 1 is 1.14 bits per heavy atom. The summed E-state index contributed by atoms with van der Waals surface area (Å²) in [5.41, 5.74) is 0.905. The minimum absolute atomic E-state index is 0.207. The predicted molar refractivity (Wildman–Crippen MR) is 81.7 cm³/mol. The van der Waals surface area contributed by atoms with Crippen molar-refractivity contribution in [2.45, 2.75) is 38.6 Å². The van der Waals surface area contributed by atoms with Crippen LogP contribution in [0.15, 0.2) is 6.07 Å². The molecule has 21 heavy (non-hydrogen) atoms. The first kappa shape index (κ1) is 14.7. The van der Waals surface area contributed by atoms with Crippen LogP contribution in [-0.4, -0.2) is 48.6 Å². The Morgan fingerprint density at radius 3 is 2.52 bits per heavy atom. The van der Waals surface area contributed by atoms with Gasteiger partial charge in [0.2, 0.25) is 10.0 Å². The molecule has 116 valence electrons. The largest absolute Gasteiger partial charge is 0.357 e. The average Bonchev–Trinajstić information content (AvgIpc) is 3.09. The van der Waals surface area contributed by atoms with Crippen molar-refractivity contribution in [1.82, 2.24) is 14.3 Å². The molecule has 0 N–H and O–H groups in total. The lowest BCUT2D eigenvalue weighted by Gasteiger charge is -2.23. The number of aromatic nitrogens is 2.